The van der Waals surface area contributed by atoms with E-state index < -0.39 is 12.2 Å². The second-order valence-electron chi connectivity index (χ2n) is 4.99. The van der Waals surface area contributed by atoms with Crippen molar-refractivity contribution in [3.8, 4) is 0 Å². The molecule has 5 nitrogen and oxygen atoms in total. The molecule has 1 amide bonds. The number of hydrogen-bond acceptors (Lipinski definition) is 4. The molecule has 0 aliphatic heterocycles. The number of nitrogen functional groups attached to an aromatic ring is 1. The van der Waals surface area contributed by atoms with E-state index in [2.05, 4.69) is 5.32 Å². The Kier molecular flexibility index (Phi) is 5.32. The van der Waals surface area contributed by atoms with Crippen LogP contribution in [0.15, 0.2) is 18.2 Å². The van der Waals surface area contributed by atoms with Crippen molar-refractivity contribution in [1.82, 2.24) is 5.32 Å². The van der Waals surface area contributed by atoms with Gasteiger partial charge in [0.25, 0.3) is 0 Å². The molecule has 0 bridgehead atoms. The van der Waals surface area contributed by atoms with Crippen molar-refractivity contribution in [2.45, 2.75) is 38.9 Å². The van der Waals surface area contributed by atoms with Crippen LogP contribution in [-0.4, -0.2) is 28.8 Å². The van der Waals surface area contributed by atoms with Crippen LogP contribution in [0.25, 0.3) is 0 Å². The Labute approximate surface area is 113 Å². The molecule has 5 N–H and O–H groups in total. The lowest BCUT2D eigenvalue weighted by Gasteiger charge is -2.21. The minimum absolute atomic E-state index is 0.0121. The topological polar surface area (TPSA) is 95.6 Å². The maximum atomic E-state index is 10.8. The van der Waals surface area contributed by atoms with Gasteiger partial charge in [-0.1, -0.05) is 26.0 Å². The van der Waals surface area contributed by atoms with Gasteiger partial charge in [-0.2, -0.15) is 0 Å². The molecular formula is C14H22N2O3. The van der Waals surface area contributed by atoms with Gasteiger partial charge >= 0.3 is 0 Å². The molecule has 0 fully saturated rings. The zero-order chi connectivity index (χ0) is 14.6. The summed E-state index contributed by atoms with van der Waals surface area (Å²) < 4.78 is 0. The van der Waals surface area contributed by atoms with Crippen LogP contribution in [0.4, 0.5) is 5.69 Å². The van der Waals surface area contributed by atoms with Crippen LogP contribution in [-0.2, 0) is 4.79 Å². The first-order chi connectivity index (χ1) is 8.82. The van der Waals surface area contributed by atoms with Gasteiger partial charge in [-0.25, -0.2) is 0 Å². The highest BCUT2D eigenvalue weighted by atomic mass is 16.3. The predicted octanol–water partition coefficient (Wildman–Crippen LogP) is 0.923. The van der Waals surface area contributed by atoms with E-state index in [1.54, 1.807) is 12.1 Å². The number of aliphatic hydroxyl groups excluding tert-OH is 2. The lowest BCUT2D eigenvalue weighted by Crippen LogP contribution is -2.34. The third kappa shape index (κ3) is 4.22. The van der Waals surface area contributed by atoms with E-state index in [1.807, 2.05) is 19.9 Å². The number of carbonyl (C=O) groups excluding carboxylic acids is 1. The van der Waals surface area contributed by atoms with Crippen molar-refractivity contribution in [3.63, 3.8) is 0 Å². The monoisotopic (exact) mass is 266 g/mol. The van der Waals surface area contributed by atoms with Gasteiger partial charge in [0.05, 0.1) is 0 Å². The molecule has 106 valence electrons. The van der Waals surface area contributed by atoms with Crippen molar-refractivity contribution < 1.29 is 15.0 Å². The van der Waals surface area contributed by atoms with E-state index >= 15 is 0 Å². The molecule has 0 saturated carbocycles. The zero-order valence-electron chi connectivity index (χ0n) is 11.6. The number of nitrogens with one attached hydrogen (secondary N) is 1. The first kappa shape index (κ1) is 15.5. The van der Waals surface area contributed by atoms with Crippen molar-refractivity contribution in [3.05, 3.63) is 29.3 Å². The standard InChI is InChI=1S/C14H22N2O3/c1-8(2)10-4-5-12(15)11(6-10)14(19)13(18)7-16-9(3)17/h4-6,8,13-14,18-19H,7,15H2,1-3H3,(H,16,17). The highest BCUT2D eigenvalue weighted by molar-refractivity contribution is 5.72. The number of rotatable bonds is 5. The first-order valence-corrected chi connectivity index (χ1v) is 6.32. The van der Waals surface area contributed by atoms with Crippen LogP contribution >= 0.6 is 0 Å². The molecule has 1 aromatic rings. The molecule has 0 heterocycles. The quantitative estimate of drug-likeness (QED) is 0.596. The average molecular weight is 266 g/mol. The number of aliphatic hydroxyl groups is 2. The molecule has 2 atom stereocenters. The van der Waals surface area contributed by atoms with Crippen molar-refractivity contribution >= 4 is 11.6 Å². The van der Waals surface area contributed by atoms with Crippen LogP contribution < -0.4 is 11.1 Å². The summed E-state index contributed by atoms with van der Waals surface area (Å²) in [5.74, 6) is 0.0502. The Morgan fingerprint density at radius 3 is 2.53 bits per heavy atom. The highest BCUT2D eigenvalue weighted by Gasteiger charge is 2.21. The Hall–Kier alpha value is -1.59. The zero-order valence-corrected chi connectivity index (χ0v) is 11.6. The summed E-state index contributed by atoms with van der Waals surface area (Å²) in [5.41, 5.74) is 7.78. The van der Waals surface area contributed by atoms with Crippen molar-refractivity contribution in [1.29, 1.82) is 0 Å². The number of benzene rings is 1. The van der Waals surface area contributed by atoms with E-state index in [4.69, 9.17) is 5.73 Å². The number of nitrogens with two attached hydrogens (primary N) is 1. The molecular weight excluding hydrogens is 244 g/mol. The smallest absolute Gasteiger partial charge is 0.216 e. The molecule has 0 radical (unpaired) electrons. The van der Waals surface area contributed by atoms with Gasteiger partial charge in [-0.05, 0) is 17.5 Å². The number of amides is 1. The maximum Gasteiger partial charge on any atom is 0.216 e. The summed E-state index contributed by atoms with van der Waals surface area (Å²) in [5, 5.41) is 22.4. The Balaban J connectivity index is 2.88. The van der Waals surface area contributed by atoms with Crippen LogP contribution in [0.2, 0.25) is 0 Å². The second kappa shape index (κ2) is 6.54. The van der Waals surface area contributed by atoms with E-state index in [0.29, 0.717) is 17.2 Å². The van der Waals surface area contributed by atoms with Gasteiger partial charge in [0.2, 0.25) is 5.91 Å². The fourth-order valence-electron chi connectivity index (χ4n) is 1.78. The van der Waals surface area contributed by atoms with Gasteiger partial charge in [0, 0.05) is 24.7 Å². The van der Waals surface area contributed by atoms with Crippen molar-refractivity contribution in [2.75, 3.05) is 12.3 Å². The second-order valence-corrected chi connectivity index (χ2v) is 4.99. The number of hydrogen-bond donors (Lipinski definition) is 4. The summed E-state index contributed by atoms with van der Waals surface area (Å²) in [6.45, 7) is 5.42. The van der Waals surface area contributed by atoms with Crippen LogP contribution in [0.5, 0.6) is 0 Å². The average Bonchev–Trinajstić information content (AvgIpc) is 2.35. The van der Waals surface area contributed by atoms with Crippen LogP contribution in [0.3, 0.4) is 0 Å². The van der Waals surface area contributed by atoms with Gasteiger partial charge in [0.1, 0.15) is 12.2 Å². The van der Waals surface area contributed by atoms with Gasteiger partial charge in [0.15, 0.2) is 0 Å². The van der Waals surface area contributed by atoms with E-state index in [-0.39, 0.29) is 12.5 Å². The molecule has 1 aromatic carbocycles. The summed E-state index contributed by atoms with van der Waals surface area (Å²) >= 11 is 0. The number of anilines is 1. The summed E-state index contributed by atoms with van der Waals surface area (Å²) in [6, 6.07) is 5.41. The van der Waals surface area contributed by atoms with Crippen molar-refractivity contribution in [2.24, 2.45) is 0 Å². The van der Waals surface area contributed by atoms with Gasteiger partial charge in [-0.3, -0.25) is 4.79 Å². The molecule has 0 aliphatic rings. The van der Waals surface area contributed by atoms with Gasteiger partial charge < -0.3 is 21.3 Å². The fourth-order valence-corrected chi connectivity index (χ4v) is 1.78. The summed E-state index contributed by atoms with van der Waals surface area (Å²) in [4.78, 5) is 10.8. The van der Waals surface area contributed by atoms with Crippen LogP contribution in [0, 0.1) is 0 Å². The van der Waals surface area contributed by atoms with E-state index in [9.17, 15) is 15.0 Å². The predicted molar refractivity (Wildman–Crippen MR) is 74.6 cm³/mol. The molecule has 2 unspecified atom stereocenters. The number of carbonyl (C=O) groups is 1. The molecule has 0 aliphatic carbocycles. The first-order valence-electron chi connectivity index (χ1n) is 6.32. The maximum absolute atomic E-state index is 10.8. The van der Waals surface area contributed by atoms with Crippen LogP contribution in [0.1, 0.15) is 43.9 Å². The lowest BCUT2D eigenvalue weighted by atomic mass is 9.95. The lowest BCUT2D eigenvalue weighted by molar-refractivity contribution is -0.119. The summed E-state index contributed by atoms with van der Waals surface area (Å²) in [6.07, 6.45) is -2.21. The minimum atomic E-state index is -1.12. The highest BCUT2D eigenvalue weighted by Crippen LogP contribution is 2.27. The SMILES string of the molecule is CC(=O)NCC(O)C(O)c1cc(C(C)C)ccc1N. The largest absolute Gasteiger partial charge is 0.398 e. The molecule has 0 aromatic heterocycles. The van der Waals surface area contributed by atoms with Gasteiger partial charge in [-0.15, -0.1) is 0 Å². The third-order valence-electron chi connectivity index (χ3n) is 3.02. The summed E-state index contributed by atoms with van der Waals surface area (Å²) in [7, 11) is 0. The molecule has 5 heteroatoms. The molecule has 19 heavy (non-hydrogen) atoms. The Morgan fingerprint density at radius 2 is 2.00 bits per heavy atom. The third-order valence-corrected chi connectivity index (χ3v) is 3.02. The minimum Gasteiger partial charge on any atom is -0.398 e. The van der Waals surface area contributed by atoms with E-state index in [0.717, 1.165) is 5.56 Å². The molecule has 1 rings (SSSR count). The molecule has 0 saturated heterocycles. The normalized spacial score (nSPS) is 14.2. The fraction of sp³-hybridized carbons (Fsp3) is 0.500. The Bertz CT molecular complexity index is 446. The Morgan fingerprint density at radius 1 is 1.37 bits per heavy atom. The molecule has 0 spiro atoms. The van der Waals surface area contributed by atoms with E-state index in [1.165, 1.54) is 6.92 Å².